The summed E-state index contributed by atoms with van der Waals surface area (Å²) in [6, 6.07) is 9.13. The maximum absolute atomic E-state index is 13.2. The van der Waals surface area contributed by atoms with Crippen molar-refractivity contribution < 1.29 is 17.6 Å². The fourth-order valence-electron chi connectivity index (χ4n) is 4.17. The second-order valence-electron chi connectivity index (χ2n) is 8.22. The molecule has 2 fully saturated rings. The van der Waals surface area contributed by atoms with Gasteiger partial charge in [0.25, 0.3) is 0 Å². The van der Waals surface area contributed by atoms with Gasteiger partial charge in [-0.25, -0.2) is 12.8 Å². The second kappa shape index (κ2) is 10.4. The minimum Gasteiger partial charge on any atom is -0.339 e. The number of carbonyl (C=O) groups excluding carboxylic acids is 1. The average molecular weight is 481 g/mol. The van der Waals surface area contributed by atoms with E-state index >= 15 is 0 Å². The molecule has 3 heterocycles. The molecule has 174 valence electrons. The summed E-state index contributed by atoms with van der Waals surface area (Å²) in [6.07, 6.45) is 0.655. The SMILES string of the molecule is O=C(CN1CCCN(S(=O)(=O)c2ccc(F)cc2)CC1)N1CCN(Cc2cccs2)CC1. The van der Waals surface area contributed by atoms with Crippen LogP contribution in [0.5, 0.6) is 0 Å². The van der Waals surface area contributed by atoms with E-state index in [0.717, 1.165) is 44.9 Å². The van der Waals surface area contributed by atoms with Gasteiger partial charge in [0, 0.05) is 57.2 Å². The Morgan fingerprint density at radius 2 is 1.62 bits per heavy atom. The number of thiophene rings is 1. The van der Waals surface area contributed by atoms with Gasteiger partial charge < -0.3 is 4.90 Å². The van der Waals surface area contributed by atoms with Gasteiger partial charge in [-0.2, -0.15) is 4.31 Å². The van der Waals surface area contributed by atoms with E-state index in [4.69, 9.17) is 0 Å². The van der Waals surface area contributed by atoms with Crippen LogP contribution < -0.4 is 0 Å². The first-order valence-corrected chi connectivity index (χ1v) is 13.2. The average Bonchev–Trinajstić information content (AvgIpc) is 3.18. The predicted molar refractivity (Wildman–Crippen MR) is 122 cm³/mol. The van der Waals surface area contributed by atoms with Crippen LogP contribution in [0.4, 0.5) is 4.39 Å². The molecule has 0 spiro atoms. The van der Waals surface area contributed by atoms with Crippen LogP contribution in [0.2, 0.25) is 0 Å². The van der Waals surface area contributed by atoms with E-state index in [9.17, 15) is 17.6 Å². The largest absolute Gasteiger partial charge is 0.339 e. The maximum atomic E-state index is 13.2. The first-order chi connectivity index (χ1) is 15.4. The summed E-state index contributed by atoms with van der Waals surface area (Å²) in [4.78, 5) is 20.6. The van der Waals surface area contributed by atoms with E-state index in [0.29, 0.717) is 39.1 Å². The lowest BCUT2D eigenvalue weighted by atomic mass is 10.3. The van der Waals surface area contributed by atoms with Gasteiger partial charge in [0.1, 0.15) is 5.82 Å². The smallest absolute Gasteiger partial charge is 0.243 e. The Bertz CT molecular complexity index is 991. The summed E-state index contributed by atoms with van der Waals surface area (Å²) < 4.78 is 40.4. The highest BCUT2D eigenvalue weighted by atomic mass is 32.2. The fraction of sp³-hybridized carbons (Fsp3) is 0.500. The molecule has 0 saturated carbocycles. The Kier molecular flexibility index (Phi) is 7.57. The van der Waals surface area contributed by atoms with Crippen molar-refractivity contribution in [3.05, 3.63) is 52.5 Å². The quantitative estimate of drug-likeness (QED) is 0.632. The Morgan fingerprint density at radius 1 is 0.906 bits per heavy atom. The van der Waals surface area contributed by atoms with Crippen molar-refractivity contribution in [3.8, 4) is 0 Å². The number of hydrogen-bond acceptors (Lipinski definition) is 6. The summed E-state index contributed by atoms with van der Waals surface area (Å²) in [6.45, 7) is 6.34. The van der Waals surface area contributed by atoms with Crippen LogP contribution in [-0.2, 0) is 21.4 Å². The van der Waals surface area contributed by atoms with E-state index in [1.54, 1.807) is 11.3 Å². The molecular weight excluding hydrogens is 451 g/mol. The van der Waals surface area contributed by atoms with Crippen molar-refractivity contribution >= 4 is 27.3 Å². The minimum absolute atomic E-state index is 0.101. The van der Waals surface area contributed by atoms with Crippen molar-refractivity contribution in [2.75, 3.05) is 58.9 Å². The zero-order valence-corrected chi connectivity index (χ0v) is 19.7. The number of benzene rings is 1. The molecule has 2 aliphatic heterocycles. The summed E-state index contributed by atoms with van der Waals surface area (Å²) >= 11 is 1.76. The van der Waals surface area contributed by atoms with Crippen LogP contribution in [0.25, 0.3) is 0 Å². The van der Waals surface area contributed by atoms with Crippen LogP contribution in [-0.4, -0.2) is 92.2 Å². The topological polar surface area (TPSA) is 64.2 Å². The summed E-state index contributed by atoms with van der Waals surface area (Å²) in [5, 5.41) is 2.09. The van der Waals surface area contributed by atoms with Crippen LogP contribution in [0.15, 0.2) is 46.7 Å². The van der Waals surface area contributed by atoms with Gasteiger partial charge in [-0.3, -0.25) is 14.6 Å². The molecule has 0 radical (unpaired) electrons. The Hall–Kier alpha value is -1.85. The van der Waals surface area contributed by atoms with Crippen molar-refractivity contribution in [3.63, 3.8) is 0 Å². The van der Waals surface area contributed by atoms with Gasteiger partial charge in [0.2, 0.25) is 15.9 Å². The highest BCUT2D eigenvalue weighted by molar-refractivity contribution is 7.89. The van der Waals surface area contributed by atoms with Crippen molar-refractivity contribution in [1.29, 1.82) is 0 Å². The molecule has 2 saturated heterocycles. The number of halogens is 1. The number of nitrogens with zero attached hydrogens (tertiary/aromatic N) is 4. The summed E-state index contributed by atoms with van der Waals surface area (Å²) in [7, 11) is -3.66. The number of carbonyl (C=O) groups is 1. The second-order valence-corrected chi connectivity index (χ2v) is 11.2. The maximum Gasteiger partial charge on any atom is 0.243 e. The predicted octanol–water partition coefficient (Wildman–Crippen LogP) is 1.93. The summed E-state index contributed by atoms with van der Waals surface area (Å²) in [5.74, 6) is -0.354. The number of amides is 1. The number of sulfonamides is 1. The lowest BCUT2D eigenvalue weighted by molar-refractivity contribution is -0.134. The molecule has 4 rings (SSSR count). The van der Waals surface area contributed by atoms with Crippen LogP contribution in [0, 0.1) is 5.82 Å². The monoisotopic (exact) mass is 480 g/mol. The third-order valence-electron chi connectivity index (χ3n) is 6.04. The zero-order valence-electron chi connectivity index (χ0n) is 18.0. The normalized spacial score (nSPS) is 19.7. The third kappa shape index (κ3) is 5.74. The molecule has 0 aliphatic carbocycles. The Labute approximate surface area is 193 Å². The molecule has 0 atom stereocenters. The van der Waals surface area contributed by atoms with Gasteiger partial charge in [-0.05, 0) is 48.7 Å². The molecule has 2 aliphatic rings. The third-order valence-corrected chi connectivity index (χ3v) is 8.82. The van der Waals surface area contributed by atoms with Crippen LogP contribution in [0.3, 0.4) is 0 Å². The molecule has 7 nitrogen and oxygen atoms in total. The van der Waals surface area contributed by atoms with E-state index < -0.39 is 15.8 Å². The molecule has 1 aromatic carbocycles. The standard InChI is InChI=1S/C22H29FN4O3S2/c23-19-4-6-21(7-5-19)32(29,30)27-9-2-8-24(12-15-27)18-22(28)26-13-10-25(11-14-26)17-20-3-1-16-31-20/h1,3-7,16H,2,8-15,17-18H2. The van der Waals surface area contributed by atoms with E-state index in [1.807, 2.05) is 9.80 Å². The van der Waals surface area contributed by atoms with E-state index in [2.05, 4.69) is 22.4 Å². The lowest BCUT2D eigenvalue weighted by Gasteiger charge is -2.35. The van der Waals surface area contributed by atoms with Gasteiger partial charge in [0.15, 0.2) is 0 Å². The van der Waals surface area contributed by atoms with Crippen LogP contribution >= 0.6 is 11.3 Å². The molecule has 1 amide bonds. The fourth-order valence-corrected chi connectivity index (χ4v) is 6.39. The Morgan fingerprint density at radius 3 is 2.31 bits per heavy atom. The number of hydrogen-bond donors (Lipinski definition) is 0. The molecule has 32 heavy (non-hydrogen) atoms. The Balaban J connectivity index is 1.26. The van der Waals surface area contributed by atoms with Crippen molar-refractivity contribution in [2.45, 2.75) is 17.9 Å². The van der Waals surface area contributed by atoms with Crippen molar-refractivity contribution in [2.24, 2.45) is 0 Å². The van der Waals surface area contributed by atoms with Crippen LogP contribution in [0.1, 0.15) is 11.3 Å². The molecule has 1 aromatic heterocycles. The van der Waals surface area contributed by atoms with E-state index in [1.165, 1.54) is 21.3 Å². The molecule has 10 heteroatoms. The van der Waals surface area contributed by atoms with Gasteiger partial charge >= 0.3 is 0 Å². The van der Waals surface area contributed by atoms with Gasteiger partial charge in [0.05, 0.1) is 11.4 Å². The summed E-state index contributed by atoms with van der Waals surface area (Å²) in [5.41, 5.74) is 0. The molecule has 0 unspecified atom stereocenters. The van der Waals surface area contributed by atoms with Crippen molar-refractivity contribution in [1.82, 2.24) is 19.0 Å². The molecule has 0 N–H and O–H groups in total. The first-order valence-electron chi connectivity index (χ1n) is 10.9. The minimum atomic E-state index is -3.66. The zero-order chi connectivity index (χ0) is 22.6. The first kappa shape index (κ1) is 23.3. The lowest BCUT2D eigenvalue weighted by Crippen LogP contribution is -2.51. The number of rotatable bonds is 6. The molecule has 2 aromatic rings. The van der Waals surface area contributed by atoms with Gasteiger partial charge in [-0.1, -0.05) is 6.07 Å². The molecular formula is C22H29FN4O3S2. The van der Waals surface area contributed by atoms with Gasteiger partial charge in [-0.15, -0.1) is 11.3 Å². The number of piperazine rings is 1. The highest BCUT2D eigenvalue weighted by Crippen LogP contribution is 2.19. The van der Waals surface area contributed by atoms with E-state index in [-0.39, 0.29) is 10.8 Å². The molecule has 0 bridgehead atoms. The highest BCUT2D eigenvalue weighted by Gasteiger charge is 2.29.